The van der Waals surface area contributed by atoms with Crippen molar-refractivity contribution in [2.45, 2.75) is 32.7 Å². The molecule has 4 aromatic rings. The SMILES string of the molecule is C[C@]12Cn3cnc(-c4ccccc4)c3C=C1CCC[C@@H]2C(=O)c1csc2ccccc12. The molecule has 0 bridgehead atoms. The summed E-state index contributed by atoms with van der Waals surface area (Å²) in [4.78, 5) is 18.6. The Morgan fingerprint density at radius 2 is 1.94 bits per heavy atom. The van der Waals surface area contributed by atoms with Gasteiger partial charge in [-0.3, -0.25) is 4.79 Å². The van der Waals surface area contributed by atoms with E-state index < -0.39 is 0 Å². The highest BCUT2D eigenvalue weighted by Crippen LogP contribution is 2.51. The molecule has 0 amide bonds. The minimum atomic E-state index is -0.167. The van der Waals surface area contributed by atoms with Gasteiger partial charge in [0.05, 0.1) is 17.7 Å². The topological polar surface area (TPSA) is 34.9 Å². The standard InChI is InChI=1S/C27H24N2OS/c1-27-16-29-17-28-25(18-8-3-2-4-9-18)23(29)14-19(27)10-7-12-22(27)26(30)21-15-31-24-13-6-5-11-20(21)24/h2-6,8-9,11,13-15,17,22H,7,10,12,16H2,1H3/t22-,27+/m1/s1. The molecule has 3 heterocycles. The molecule has 1 fully saturated rings. The lowest BCUT2D eigenvalue weighted by Gasteiger charge is -2.45. The minimum Gasteiger partial charge on any atom is -0.330 e. The van der Waals surface area contributed by atoms with E-state index in [1.807, 2.05) is 24.5 Å². The molecule has 31 heavy (non-hydrogen) atoms. The van der Waals surface area contributed by atoms with Crippen LogP contribution in [0.15, 0.2) is 71.9 Å². The van der Waals surface area contributed by atoms with E-state index in [0.29, 0.717) is 5.78 Å². The molecule has 0 radical (unpaired) electrons. The average Bonchev–Trinajstić information content (AvgIpc) is 3.41. The summed E-state index contributed by atoms with van der Waals surface area (Å²) in [6, 6.07) is 18.6. The van der Waals surface area contributed by atoms with Crippen molar-refractivity contribution in [1.82, 2.24) is 9.55 Å². The van der Waals surface area contributed by atoms with Gasteiger partial charge in [-0.1, -0.05) is 61.0 Å². The van der Waals surface area contributed by atoms with Crippen LogP contribution in [-0.4, -0.2) is 15.3 Å². The second kappa shape index (κ2) is 7.03. The number of carbonyl (C=O) groups is 1. The molecule has 0 N–H and O–H groups in total. The van der Waals surface area contributed by atoms with Crippen molar-refractivity contribution >= 4 is 33.3 Å². The van der Waals surface area contributed by atoms with E-state index in [-0.39, 0.29) is 11.3 Å². The largest absolute Gasteiger partial charge is 0.330 e. The van der Waals surface area contributed by atoms with Crippen LogP contribution in [0.3, 0.4) is 0 Å². The normalized spacial score (nSPS) is 22.6. The molecule has 2 atom stereocenters. The van der Waals surface area contributed by atoms with E-state index in [1.54, 1.807) is 11.3 Å². The van der Waals surface area contributed by atoms with Crippen LogP contribution >= 0.6 is 11.3 Å². The van der Waals surface area contributed by atoms with Crippen molar-refractivity contribution in [2.24, 2.45) is 11.3 Å². The van der Waals surface area contributed by atoms with Crippen LogP contribution in [0.1, 0.15) is 42.2 Å². The molecule has 0 spiro atoms. The van der Waals surface area contributed by atoms with Gasteiger partial charge in [0.15, 0.2) is 5.78 Å². The number of carbonyl (C=O) groups excluding carboxylic acids is 1. The third-order valence-electron chi connectivity index (χ3n) is 7.24. The first kappa shape index (κ1) is 18.8. The molecule has 0 saturated heterocycles. The van der Waals surface area contributed by atoms with Crippen LogP contribution < -0.4 is 0 Å². The molecule has 2 aliphatic rings. The summed E-state index contributed by atoms with van der Waals surface area (Å²) < 4.78 is 3.44. The summed E-state index contributed by atoms with van der Waals surface area (Å²) in [6.45, 7) is 3.10. The number of thiophene rings is 1. The quantitative estimate of drug-likeness (QED) is 0.337. The fourth-order valence-corrected chi connectivity index (χ4v) is 6.51. The Balaban J connectivity index is 1.41. The van der Waals surface area contributed by atoms with E-state index in [0.717, 1.165) is 48.0 Å². The Morgan fingerprint density at radius 1 is 1.13 bits per heavy atom. The third kappa shape index (κ3) is 2.85. The fraction of sp³-hybridized carbons (Fsp3) is 0.259. The number of rotatable bonds is 3. The van der Waals surface area contributed by atoms with Gasteiger partial charge in [0.1, 0.15) is 0 Å². The molecule has 1 aliphatic carbocycles. The summed E-state index contributed by atoms with van der Waals surface area (Å²) in [5.41, 5.74) is 5.49. The fourth-order valence-electron chi connectivity index (χ4n) is 5.56. The zero-order chi connectivity index (χ0) is 21.0. The van der Waals surface area contributed by atoms with Gasteiger partial charge in [0.2, 0.25) is 0 Å². The van der Waals surface area contributed by atoms with Crippen LogP contribution in [-0.2, 0) is 6.54 Å². The Morgan fingerprint density at radius 3 is 2.81 bits per heavy atom. The maximum Gasteiger partial charge on any atom is 0.168 e. The van der Waals surface area contributed by atoms with Gasteiger partial charge >= 0.3 is 0 Å². The number of Topliss-reactive ketones (excluding diaryl/α,β-unsaturated/α-hetero) is 1. The van der Waals surface area contributed by atoms with Crippen LogP contribution in [0.5, 0.6) is 0 Å². The molecule has 1 saturated carbocycles. The number of aromatic nitrogens is 2. The van der Waals surface area contributed by atoms with E-state index >= 15 is 0 Å². The van der Waals surface area contributed by atoms with Crippen molar-refractivity contribution in [1.29, 1.82) is 0 Å². The van der Waals surface area contributed by atoms with Crippen LogP contribution in [0.25, 0.3) is 27.4 Å². The first-order valence-electron chi connectivity index (χ1n) is 11.0. The Bertz CT molecular complexity index is 1330. The molecular weight excluding hydrogens is 400 g/mol. The van der Waals surface area contributed by atoms with E-state index in [9.17, 15) is 4.79 Å². The molecule has 154 valence electrons. The van der Waals surface area contributed by atoms with Crippen molar-refractivity contribution in [3.05, 3.63) is 83.1 Å². The van der Waals surface area contributed by atoms with Gasteiger partial charge in [0, 0.05) is 44.5 Å². The van der Waals surface area contributed by atoms with Gasteiger partial charge in [0.25, 0.3) is 0 Å². The Hall–Kier alpha value is -2.98. The first-order chi connectivity index (χ1) is 15.1. The van der Waals surface area contributed by atoms with Crippen LogP contribution in [0.4, 0.5) is 0 Å². The van der Waals surface area contributed by atoms with Gasteiger partial charge in [-0.05, 0) is 31.4 Å². The highest BCUT2D eigenvalue weighted by atomic mass is 32.1. The number of benzene rings is 2. The predicted molar refractivity (Wildman–Crippen MR) is 127 cm³/mol. The van der Waals surface area contributed by atoms with Gasteiger partial charge in [-0.2, -0.15) is 0 Å². The summed E-state index contributed by atoms with van der Waals surface area (Å²) in [5.74, 6) is 0.304. The number of ketones is 1. The number of imidazole rings is 1. The average molecular weight is 425 g/mol. The number of nitrogens with zero attached hydrogens (tertiary/aromatic N) is 2. The van der Waals surface area contributed by atoms with Gasteiger partial charge in [-0.15, -0.1) is 11.3 Å². The Labute approximate surface area is 186 Å². The highest BCUT2D eigenvalue weighted by molar-refractivity contribution is 7.17. The van der Waals surface area contributed by atoms with E-state index in [4.69, 9.17) is 4.98 Å². The number of hydrogen-bond acceptors (Lipinski definition) is 3. The molecule has 4 heteroatoms. The second-order valence-corrected chi connectivity index (χ2v) is 9.93. The molecular formula is C27H24N2OS. The summed E-state index contributed by atoms with van der Waals surface area (Å²) in [5, 5.41) is 3.16. The zero-order valence-electron chi connectivity index (χ0n) is 17.5. The number of allylic oxidation sites excluding steroid dienone is 1. The summed E-state index contributed by atoms with van der Waals surface area (Å²) in [6.07, 6.45) is 7.35. The molecule has 2 aromatic carbocycles. The predicted octanol–water partition coefficient (Wildman–Crippen LogP) is 6.85. The maximum absolute atomic E-state index is 13.8. The number of fused-ring (bicyclic) bond motifs is 3. The number of hydrogen-bond donors (Lipinski definition) is 0. The third-order valence-corrected chi connectivity index (χ3v) is 8.20. The van der Waals surface area contributed by atoms with E-state index in [1.165, 1.54) is 16.0 Å². The first-order valence-corrected chi connectivity index (χ1v) is 11.9. The van der Waals surface area contributed by atoms with Crippen molar-refractivity contribution < 1.29 is 4.79 Å². The molecule has 0 unspecified atom stereocenters. The van der Waals surface area contributed by atoms with Crippen molar-refractivity contribution in [3.63, 3.8) is 0 Å². The highest BCUT2D eigenvalue weighted by Gasteiger charge is 2.46. The molecule has 6 rings (SSSR count). The Kier molecular flexibility index (Phi) is 4.25. The van der Waals surface area contributed by atoms with Gasteiger partial charge in [-0.25, -0.2) is 4.98 Å². The second-order valence-electron chi connectivity index (χ2n) is 9.01. The van der Waals surface area contributed by atoms with Crippen LogP contribution in [0, 0.1) is 11.3 Å². The van der Waals surface area contributed by atoms with Crippen molar-refractivity contribution in [3.8, 4) is 11.3 Å². The minimum absolute atomic E-state index is 0.00114. The molecule has 1 aliphatic heterocycles. The lowest BCUT2D eigenvalue weighted by atomic mass is 9.61. The van der Waals surface area contributed by atoms with Crippen molar-refractivity contribution in [2.75, 3.05) is 0 Å². The summed E-state index contributed by atoms with van der Waals surface area (Å²) in [7, 11) is 0. The zero-order valence-corrected chi connectivity index (χ0v) is 18.4. The molecule has 2 aromatic heterocycles. The summed E-state index contributed by atoms with van der Waals surface area (Å²) >= 11 is 1.67. The van der Waals surface area contributed by atoms with Crippen LogP contribution in [0.2, 0.25) is 0 Å². The van der Waals surface area contributed by atoms with Gasteiger partial charge < -0.3 is 4.57 Å². The monoisotopic (exact) mass is 424 g/mol. The van der Waals surface area contributed by atoms with E-state index in [2.05, 4.69) is 59.3 Å². The lowest BCUT2D eigenvalue weighted by Crippen LogP contribution is -2.43. The maximum atomic E-state index is 13.8. The smallest absolute Gasteiger partial charge is 0.168 e. The molecule has 3 nitrogen and oxygen atoms in total. The lowest BCUT2D eigenvalue weighted by molar-refractivity contribution is 0.0729.